The lowest BCUT2D eigenvalue weighted by Gasteiger charge is -2.12. The number of carbonyl (C=O) groups is 1. The summed E-state index contributed by atoms with van der Waals surface area (Å²) in [6.45, 7) is 0. The highest BCUT2D eigenvalue weighted by Gasteiger charge is 2.16. The van der Waals surface area contributed by atoms with Crippen LogP contribution in [-0.4, -0.2) is 15.9 Å². The molecule has 0 atom stereocenters. The van der Waals surface area contributed by atoms with Gasteiger partial charge >= 0.3 is 0 Å². The number of nitrogens with zero attached hydrogens (tertiary/aromatic N) is 2. The maximum atomic E-state index is 13.2. The maximum Gasteiger partial charge on any atom is 0.256 e. The molecule has 4 nitrogen and oxygen atoms in total. The average Bonchev–Trinajstić information content (AvgIpc) is 3.21. The van der Waals surface area contributed by atoms with E-state index in [-0.39, 0.29) is 5.91 Å². The molecule has 0 bridgehead atoms. The predicted molar refractivity (Wildman–Crippen MR) is 116 cm³/mol. The number of aromatic nitrogens is 2. The number of aryl methyl sites for hydroxylation is 2. The summed E-state index contributed by atoms with van der Waals surface area (Å²) >= 11 is 6.21. The van der Waals surface area contributed by atoms with Crippen LogP contribution >= 0.6 is 11.6 Å². The lowest BCUT2D eigenvalue weighted by molar-refractivity contribution is 0.102. The second-order valence-corrected chi connectivity index (χ2v) is 7.68. The molecule has 5 rings (SSSR count). The van der Waals surface area contributed by atoms with Crippen molar-refractivity contribution in [2.45, 2.75) is 19.3 Å². The van der Waals surface area contributed by atoms with Crippen LogP contribution in [0.1, 0.15) is 27.9 Å². The Morgan fingerprint density at radius 1 is 0.931 bits per heavy atom. The quantitative estimate of drug-likeness (QED) is 0.481. The summed E-state index contributed by atoms with van der Waals surface area (Å²) in [5, 5.41) is 4.36. The number of hydrogen-bond donors (Lipinski definition) is 1. The van der Waals surface area contributed by atoms with Crippen LogP contribution in [0.15, 0.2) is 67.0 Å². The molecule has 142 valence electrons. The first kappa shape index (κ1) is 17.8. The van der Waals surface area contributed by atoms with Crippen molar-refractivity contribution in [3.8, 4) is 11.3 Å². The molecule has 29 heavy (non-hydrogen) atoms. The molecule has 0 radical (unpaired) electrons. The van der Waals surface area contributed by atoms with Crippen LogP contribution in [0.3, 0.4) is 0 Å². The molecule has 0 saturated carbocycles. The van der Waals surface area contributed by atoms with Crippen LogP contribution in [0, 0.1) is 0 Å². The lowest BCUT2D eigenvalue weighted by atomic mass is 10.0. The van der Waals surface area contributed by atoms with Crippen molar-refractivity contribution in [3.05, 3.63) is 88.7 Å². The number of benzene rings is 2. The molecule has 0 fully saturated rings. The molecule has 0 aliphatic heterocycles. The molecule has 2 aromatic heterocycles. The minimum atomic E-state index is -0.173. The second-order valence-electron chi connectivity index (χ2n) is 7.24. The third-order valence-corrected chi connectivity index (χ3v) is 5.58. The first-order valence-electron chi connectivity index (χ1n) is 9.61. The van der Waals surface area contributed by atoms with Crippen LogP contribution < -0.4 is 5.32 Å². The van der Waals surface area contributed by atoms with E-state index in [1.807, 2.05) is 30.3 Å². The number of nitrogens with one attached hydrogen (secondary N) is 1. The fraction of sp³-hybridized carbons (Fsp3) is 0.125. The zero-order valence-corrected chi connectivity index (χ0v) is 16.4. The molecular formula is C24H18ClN3O. The number of anilines is 1. The van der Waals surface area contributed by atoms with Crippen molar-refractivity contribution < 1.29 is 4.79 Å². The van der Waals surface area contributed by atoms with Gasteiger partial charge in [0.25, 0.3) is 5.91 Å². The highest BCUT2D eigenvalue weighted by Crippen LogP contribution is 2.29. The van der Waals surface area contributed by atoms with E-state index in [9.17, 15) is 4.79 Å². The summed E-state index contributed by atoms with van der Waals surface area (Å²) in [5.74, 6) is -0.173. The topological polar surface area (TPSA) is 54.9 Å². The van der Waals surface area contributed by atoms with Gasteiger partial charge in [-0.1, -0.05) is 17.7 Å². The minimum absolute atomic E-state index is 0.173. The molecule has 0 unspecified atom stereocenters. The number of halogens is 1. The van der Waals surface area contributed by atoms with Crippen LogP contribution in [0.5, 0.6) is 0 Å². The van der Waals surface area contributed by atoms with Gasteiger partial charge in [-0.05, 0) is 78.9 Å². The van der Waals surface area contributed by atoms with Gasteiger partial charge in [-0.3, -0.25) is 9.78 Å². The van der Waals surface area contributed by atoms with Gasteiger partial charge in [0.05, 0.1) is 16.8 Å². The number of pyridine rings is 2. The van der Waals surface area contributed by atoms with E-state index >= 15 is 0 Å². The highest BCUT2D eigenvalue weighted by atomic mass is 35.5. The smallest absolute Gasteiger partial charge is 0.256 e. The van der Waals surface area contributed by atoms with E-state index in [2.05, 4.69) is 22.4 Å². The number of hydrogen-bond acceptors (Lipinski definition) is 3. The summed E-state index contributed by atoms with van der Waals surface area (Å²) in [7, 11) is 0. The Bertz CT molecular complexity index is 1240. The molecule has 2 aromatic carbocycles. The number of rotatable bonds is 3. The van der Waals surface area contributed by atoms with Crippen molar-refractivity contribution in [2.24, 2.45) is 0 Å². The van der Waals surface area contributed by atoms with Crippen LogP contribution in [-0.2, 0) is 12.8 Å². The molecular weight excluding hydrogens is 382 g/mol. The van der Waals surface area contributed by atoms with Gasteiger partial charge in [0, 0.05) is 34.1 Å². The number of carbonyl (C=O) groups excluding carboxylic acids is 1. The zero-order chi connectivity index (χ0) is 19.8. The molecule has 0 saturated heterocycles. The Kier molecular flexibility index (Phi) is 4.49. The third kappa shape index (κ3) is 3.47. The molecule has 4 aromatic rings. The summed E-state index contributed by atoms with van der Waals surface area (Å²) in [5.41, 5.74) is 6.41. The second kappa shape index (κ2) is 7.30. The Morgan fingerprint density at radius 3 is 2.62 bits per heavy atom. The molecule has 1 aliphatic carbocycles. The fourth-order valence-corrected chi connectivity index (χ4v) is 4.08. The van der Waals surface area contributed by atoms with Gasteiger partial charge in [0.1, 0.15) is 0 Å². The Hall–Kier alpha value is -3.24. The van der Waals surface area contributed by atoms with Crippen LogP contribution in [0.25, 0.3) is 22.2 Å². The van der Waals surface area contributed by atoms with Gasteiger partial charge in [-0.2, -0.15) is 0 Å². The Labute approximate surface area is 173 Å². The van der Waals surface area contributed by atoms with Crippen molar-refractivity contribution in [2.75, 3.05) is 5.32 Å². The number of fused-ring (bicyclic) bond motifs is 2. The molecule has 5 heteroatoms. The average molecular weight is 400 g/mol. The minimum Gasteiger partial charge on any atom is -0.322 e. The first-order chi connectivity index (χ1) is 14.2. The van der Waals surface area contributed by atoms with Crippen molar-refractivity contribution in [1.82, 2.24) is 9.97 Å². The SMILES string of the molecule is O=C(Nc1ccc2c(c1)CCC2)c1cc(-c2ccncc2)nc2ccc(Cl)cc12. The first-order valence-corrected chi connectivity index (χ1v) is 9.99. The van der Waals surface area contributed by atoms with Gasteiger partial charge < -0.3 is 5.32 Å². The molecule has 1 amide bonds. The predicted octanol–water partition coefficient (Wildman–Crippen LogP) is 5.69. The fourth-order valence-electron chi connectivity index (χ4n) is 3.90. The van der Waals surface area contributed by atoms with Gasteiger partial charge in [-0.15, -0.1) is 0 Å². The highest BCUT2D eigenvalue weighted by molar-refractivity contribution is 6.31. The Morgan fingerprint density at radius 2 is 1.76 bits per heavy atom. The molecule has 0 spiro atoms. The van der Waals surface area contributed by atoms with E-state index in [0.29, 0.717) is 10.6 Å². The van der Waals surface area contributed by atoms with Crippen LogP contribution in [0.4, 0.5) is 5.69 Å². The van der Waals surface area contributed by atoms with E-state index in [1.165, 1.54) is 17.5 Å². The Balaban J connectivity index is 1.58. The van der Waals surface area contributed by atoms with Crippen LogP contribution in [0.2, 0.25) is 5.02 Å². The van der Waals surface area contributed by atoms with Crippen molar-refractivity contribution in [3.63, 3.8) is 0 Å². The van der Waals surface area contributed by atoms with Crippen molar-refractivity contribution in [1.29, 1.82) is 0 Å². The third-order valence-electron chi connectivity index (χ3n) is 5.35. The van der Waals surface area contributed by atoms with E-state index in [4.69, 9.17) is 16.6 Å². The summed E-state index contributed by atoms with van der Waals surface area (Å²) in [6.07, 6.45) is 6.79. The molecule has 1 aliphatic rings. The van der Waals surface area contributed by atoms with Gasteiger partial charge in [-0.25, -0.2) is 4.98 Å². The maximum absolute atomic E-state index is 13.2. The molecule has 1 N–H and O–H groups in total. The summed E-state index contributed by atoms with van der Waals surface area (Å²) in [6, 6.07) is 17.2. The summed E-state index contributed by atoms with van der Waals surface area (Å²) in [4.78, 5) is 22.0. The largest absolute Gasteiger partial charge is 0.322 e. The van der Waals surface area contributed by atoms with E-state index in [1.54, 1.807) is 24.5 Å². The van der Waals surface area contributed by atoms with Crippen molar-refractivity contribution >= 4 is 34.1 Å². The van der Waals surface area contributed by atoms with E-state index < -0.39 is 0 Å². The number of amides is 1. The standard InChI is InChI=1S/C24H18ClN3O/c25-18-5-7-22-20(13-18)21(14-23(28-22)16-8-10-26-11-9-16)24(29)27-19-6-4-15-2-1-3-17(15)12-19/h4-14H,1-3H2,(H,27,29). The normalized spacial score (nSPS) is 12.7. The lowest BCUT2D eigenvalue weighted by Crippen LogP contribution is -2.13. The zero-order valence-electron chi connectivity index (χ0n) is 15.7. The monoisotopic (exact) mass is 399 g/mol. The molecule has 2 heterocycles. The van der Waals surface area contributed by atoms with Gasteiger partial charge in [0.15, 0.2) is 0 Å². The summed E-state index contributed by atoms with van der Waals surface area (Å²) < 4.78 is 0. The van der Waals surface area contributed by atoms with Gasteiger partial charge in [0.2, 0.25) is 0 Å². The van der Waals surface area contributed by atoms with E-state index in [0.717, 1.165) is 40.7 Å².